The Bertz CT molecular complexity index is 907. The van der Waals surface area contributed by atoms with Gasteiger partial charge in [-0.2, -0.15) is 0 Å². The molecule has 0 spiro atoms. The monoisotopic (exact) mass is 406 g/mol. The first kappa shape index (κ1) is 19.2. The van der Waals surface area contributed by atoms with Gasteiger partial charge in [-0.1, -0.05) is 12.8 Å². The van der Waals surface area contributed by atoms with E-state index in [1.54, 1.807) is 19.1 Å². The van der Waals surface area contributed by atoms with Crippen LogP contribution in [0, 0.1) is 5.92 Å². The van der Waals surface area contributed by atoms with Crippen LogP contribution in [0.2, 0.25) is 0 Å². The molecule has 1 atom stereocenters. The molecule has 1 saturated heterocycles. The number of amides is 2. The molecule has 1 N–H and O–H groups in total. The normalized spacial score (nSPS) is 24.4. The van der Waals surface area contributed by atoms with Gasteiger partial charge in [0.15, 0.2) is 0 Å². The van der Waals surface area contributed by atoms with Gasteiger partial charge in [-0.25, -0.2) is 13.1 Å². The molecule has 3 aliphatic rings. The van der Waals surface area contributed by atoms with E-state index in [9.17, 15) is 18.0 Å². The largest absolute Gasteiger partial charge is 0.493 e. The Labute approximate surface area is 165 Å². The zero-order chi connectivity index (χ0) is 19.9. The highest BCUT2D eigenvalue weighted by Gasteiger charge is 2.50. The molecule has 0 radical (unpaired) electrons. The lowest BCUT2D eigenvalue weighted by atomic mass is 9.85. The average Bonchev–Trinajstić information content (AvgIpc) is 3.30. The van der Waals surface area contributed by atoms with E-state index < -0.39 is 21.5 Å². The Morgan fingerprint density at radius 2 is 2.04 bits per heavy atom. The molecule has 2 heterocycles. The molecule has 1 aliphatic carbocycles. The van der Waals surface area contributed by atoms with E-state index in [1.807, 2.05) is 0 Å². The van der Waals surface area contributed by atoms with Crippen LogP contribution in [-0.2, 0) is 26.0 Å². The molecule has 0 bridgehead atoms. The molecule has 2 aliphatic heterocycles. The number of hydrogen-bond donors (Lipinski definition) is 1. The van der Waals surface area contributed by atoms with Crippen molar-refractivity contribution in [2.75, 3.05) is 13.2 Å². The van der Waals surface area contributed by atoms with Crippen molar-refractivity contribution in [3.05, 3.63) is 23.8 Å². The van der Waals surface area contributed by atoms with Crippen LogP contribution in [0.25, 0.3) is 0 Å². The zero-order valence-corrected chi connectivity index (χ0v) is 16.9. The first-order valence-corrected chi connectivity index (χ1v) is 11.4. The number of carbonyl (C=O) groups excluding carboxylic acids is 2. The molecule has 2 fully saturated rings. The number of rotatable bonds is 5. The van der Waals surface area contributed by atoms with Gasteiger partial charge in [0.25, 0.3) is 15.9 Å². The van der Waals surface area contributed by atoms with E-state index in [2.05, 4.69) is 4.72 Å². The standard InChI is InChI=1S/C20H26N2O5S/c1-20(9-10-22(20)18(23)12-14-4-2-3-5-14)19(24)21-28(25,26)16-6-7-17-15(13-16)8-11-27-17/h6-7,13-14H,2-5,8-12H2,1H3,(H,21,24). The number of fused-ring (bicyclic) bond motifs is 1. The first-order valence-electron chi connectivity index (χ1n) is 9.93. The summed E-state index contributed by atoms with van der Waals surface area (Å²) in [5.74, 6) is 0.371. The second-order valence-electron chi connectivity index (χ2n) is 8.23. The topological polar surface area (TPSA) is 92.8 Å². The fraction of sp³-hybridized carbons (Fsp3) is 0.600. The first-order chi connectivity index (χ1) is 13.3. The summed E-state index contributed by atoms with van der Waals surface area (Å²) in [5, 5.41) is 0. The number of nitrogens with zero attached hydrogens (tertiary/aromatic N) is 1. The average molecular weight is 407 g/mol. The van der Waals surface area contributed by atoms with E-state index >= 15 is 0 Å². The van der Waals surface area contributed by atoms with Gasteiger partial charge in [-0.15, -0.1) is 0 Å². The van der Waals surface area contributed by atoms with Gasteiger partial charge in [0.1, 0.15) is 11.3 Å². The molecule has 1 unspecified atom stereocenters. The Morgan fingerprint density at radius 3 is 2.71 bits per heavy atom. The maximum Gasteiger partial charge on any atom is 0.264 e. The number of nitrogens with one attached hydrogen (secondary N) is 1. The third kappa shape index (κ3) is 3.38. The Kier molecular flexibility index (Phi) is 4.85. The lowest BCUT2D eigenvalue weighted by molar-refractivity contribution is -0.157. The molecule has 8 heteroatoms. The van der Waals surface area contributed by atoms with Crippen molar-refractivity contribution in [3.63, 3.8) is 0 Å². The highest BCUT2D eigenvalue weighted by atomic mass is 32.2. The molecule has 2 amide bonds. The second-order valence-corrected chi connectivity index (χ2v) is 9.91. The predicted molar refractivity (Wildman–Crippen MR) is 102 cm³/mol. The van der Waals surface area contributed by atoms with Crippen molar-refractivity contribution < 1.29 is 22.7 Å². The van der Waals surface area contributed by atoms with E-state index in [1.165, 1.54) is 11.0 Å². The number of hydrogen-bond acceptors (Lipinski definition) is 5. The molecule has 1 saturated carbocycles. The molecule has 0 aromatic heterocycles. The van der Waals surface area contributed by atoms with Crippen molar-refractivity contribution in [1.82, 2.24) is 9.62 Å². The van der Waals surface area contributed by atoms with Crippen molar-refractivity contribution >= 4 is 21.8 Å². The lowest BCUT2D eigenvalue weighted by Crippen LogP contribution is -2.67. The Morgan fingerprint density at radius 1 is 1.29 bits per heavy atom. The van der Waals surface area contributed by atoms with Gasteiger partial charge in [0, 0.05) is 19.4 Å². The molecule has 4 rings (SSSR count). The van der Waals surface area contributed by atoms with Gasteiger partial charge in [0.05, 0.1) is 11.5 Å². The maximum absolute atomic E-state index is 12.8. The van der Waals surface area contributed by atoms with Crippen LogP contribution >= 0.6 is 0 Å². The van der Waals surface area contributed by atoms with E-state index in [-0.39, 0.29) is 10.8 Å². The van der Waals surface area contributed by atoms with Crippen LogP contribution in [0.15, 0.2) is 23.1 Å². The molecule has 28 heavy (non-hydrogen) atoms. The molecule has 1 aromatic carbocycles. The molecular weight excluding hydrogens is 380 g/mol. The van der Waals surface area contributed by atoms with Crippen molar-refractivity contribution in [2.45, 2.75) is 62.3 Å². The third-order valence-corrected chi connectivity index (χ3v) is 7.67. The minimum atomic E-state index is -4.01. The van der Waals surface area contributed by atoms with E-state index in [0.717, 1.165) is 31.2 Å². The fourth-order valence-corrected chi connectivity index (χ4v) is 5.51. The minimum absolute atomic E-state index is 0.0388. The maximum atomic E-state index is 12.8. The van der Waals surface area contributed by atoms with Crippen LogP contribution in [0.3, 0.4) is 0 Å². The summed E-state index contributed by atoms with van der Waals surface area (Å²) in [5.41, 5.74) is -0.290. The molecule has 7 nitrogen and oxygen atoms in total. The van der Waals surface area contributed by atoms with Gasteiger partial charge >= 0.3 is 0 Å². The summed E-state index contributed by atoms with van der Waals surface area (Å²) in [4.78, 5) is 27.0. The van der Waals surface area contributed by atoms with Crippen LogP contribution in [-0.4, -0.2) is 43.8 Å². The van der Waals surface area contributed by atoms with Gasteiger partial charge in [-0.3, -0.25) is 9.59 Å². The quantitative estimate of drug-likeness (QED) is 0.807. The van der Waals surface area contributed by atoms with E-state index in [0.29, 0.717) is 44.1 Å². The zero-order valence-electron chi connectivity index (χ0n) is 16.1. The predicted octanol–water partition coefficient (Wildman–Crippen LogP) is 2.00. The number of benzene rings is 1. The van der Waals surface area contributed by atoms with Gasteiger partial charge in [0.2, 0.25) is 5.91 Å². The van der Waals surface area contributed by atoms with Crippen molar-refractivity contribution in [3.8, 4) is 5.75 Å². The Balaban J connectivity index is 1.45. The smallest absolute Gasteiger partial charge is 0.264 e. The lowest BCUT2D eigenvalue weighted by Gasteiger charge is -2.49. The minimum Gasteiger partial charge on any atom is -0.493 e. The number of sulfonamides is 1. The molecule has 152 valence electrons. The van der Waals surface area contributed by atoms with Crippen LogP contribution in [0.4, 0.5) is 0 Å². The number of carbonyl (C=O) groups is 2. The van der Waals surface area contributed by atoms with Crippen LogP contribution < -0.4 is 9.46 Å². The molecule has 1 aromatic rings. The third-order valence-electron chi connectivity index (χ3n) is 6.34. The SMILES string of the molecule is CC1(C(=O)NS(=O)(=O)c2ccc3c(c2)CCO3)CCN1C(=O)CC1CCCC1. The van der Waals surface area contributed by atoms with Gasteiger partial charge < -0.3 is 9.64 Å². The van der Waals surface area contributed by atoms with Crippen molar-refractivity contribution in [1.29, 1.82) is 0 Å². The Hall–Kier alpha value is -2.09. The van der Waals surface area contributed by atoms with Crippen LogP contribution in [0.5, 0.6) is 5.75 Å². The second kappa shape index (κ2) is 7.06. The number of ether oxygens (including phenoxy) is 1. The number of likely N-dealkylation sites (tertiary alicyclic amines) is 1. The summed E-state index contributed by atoms with van der Waals surface area (Å²) in [7, 11) is -4.01. The highest BCUT2D eigenvalue weighted by Crippen LogP contribution is 2.35. The summed E-state index contributed by atoms with van der Waals surface area (Å²) in [6.45, 7) is 2.66. The van der Waals surface area contributed by atoms with Crippen LogP contribution in [0.1, 0.15) is 51.0 Å². The summed E-state index contributed by atoms with van der Waals surface area (Å²) in [6.07, 6.45) is 5.97. The summed E-state index contributed by atoms with van der Waals surface area (Å²) in [6, 6.07) is 4.60. The van der Waals surface area contributed by atoms with Crippen molar-refractivity contribution in [2.24, 2.45) is 5.92 Å². The highest BCUT2D eigenvalue weighted by molar-refractivity contribution is 7.90. The van der Waals surface area contributed by atoms with E-state index in [4.69, 9.17) is 4.74 Å². The fourth-order valence-electron chi connectivity index (χ4n) is 4.39. The van der Waals surface area contributed by atoms with Gasteiger partial charge in [-0.05, 0) is 55.9 Å². The summed E-state index contributed by atoms with van der Waals surface area (Å²) >= 11 is 0. The summed E-state index contributed by atoms with van der Waals surface area (Å²) < 4.78 is 33.0. The molecular formula is C20H26N2O5S.